The molecular formula is C24H28N4O4. The van der Waals surface area contributed by atoms with Crippen LogP contribution >= 0.6 is 0 Å². The number of fused-ring (bicyclic) bond motifs is 1. The number of aryl methyl sites for hydroxylation is 3. The molecule has 0 fully saturated rings. The van der Waals surface area contributed by atoms with E-state index >= 15 is 0 Å². The quantitative estimate of drug-likeness (QED) is 0.494. The van der Waals surface area contributed by atoms with E-state index in [0.717, 1.165) is 55.1 Å². The number of nitrogens with one attached hydrogen (secondary N) is 1. The summed E-state index contributed by atoms with van der Waals surface area (Å²) < 4.78 is 10.6. The van der Waals surface area contributed by atoms with Crippen LogP contribution in [0.25, 0.3) is 0 Å². The number of methoxy groups -OCH3 is 1. The lowest BCUT2D eigenvalue weighted by molar-refractivity contribution is -0.137. The summed E-state index contributed by atoms with van der Waals surface area (Å²) in [7, 11) is 1.60. The average molecular weight is 437 g/mol. The standard InChI is InChI=1S/C24H28N4O4/c1-31-20-11-8-16(9-12-20)18(15-23(29)30)14-22-27-21(28-32-22)6-2-5-19-10-7-17-4-3-13-25-24(17)26-19/h7-12,18H,2-6,13-15H2,1H3,(H,25,26)(H,29,30). The predicted octanol–water partition coefficient (Wildman–Crippen LogP) is 3.81. The number of hydrogen-bond acceptors (Lipinski definition) is 7. The molecule has 0 spiro atoms. The molecule has 8 nitrogen and oxygen atoms in total. The normalized spacial score (nSPS) is 13.8. The number of pyridine rings is 1. The second-order valence-corrected chi connectivity index (χ2v) is 8.07. The molecule has 8 heteroatoms. The minimum atomic E-state index is -0.863. The van der Waals surface area contributed by atoms with Crippen LogP contribution in [0.2, 0.25) is 0 Å². The number of ether oxygens (including phenoxy) is 1. The summed E-state index contributed by atoms with van der Waals surface area (Å²) >= 11 is 0. The zero-order chi connectivity index (χ0) is 22.3. The van der Waals surface area contributed by atoms with E-state index in [1.807, 2.05) is 24.3 Å². The highest BCUT2D eigenvalue weighted by atomic mass is 16.5. The lowest BCUT2D eigenvalue weighted by Gasteiger charge is -2.17. The van der Waals surface area contributed by atoms with Crippen molar-refractivity contribution in [3.63, 3.8) is 0 Å². The molecule has 2 aromatic heterocycles. The number of carboxylic acids is 1. The van der Waals surface area contributed by atoms with Crippen molar-refractivity contribution in [3.8, 4) is 5.75 Å². The van der Waals surface area contributed by atoms with Gasteiger partial charge in [-0.3, -0.25) is 4.79 Å². The summed E-state index contributed by atoms with van der Waals surface area (Å²) in [6, 6.07) is 11.7. The van der Waals surface area contributed by atoms with Crippen LogP contribution < -0.4 is 10.1 Å². The number of carbonyl (C=O) groups is 1. The molecule has 1 unspecified atom stereocenters. The number of aliphatic carboxylic acids is 1. The number of anilines is 1. The molecule has 0 aliphatic carbocycles. The summed E-state index contributed by atoms with van der Waals surface area (Å²) in [5.74, 6) is 1.72. The van der Waals surface area contributed by atoms with E-state index in [0.29, 0.717) is 24.6 Å². The molecular weight excluding hydrogens is 408 g/mol. The maximum absolute atomic E-state index is 11.4. The van der Waals surface area contributed by atoms with Gasteiger partial charge in [0.15, 0.2) is 5.82 Å². The van der Waals surface area contributed by atoms with Crippen molar-refractivity contribution in [1.29, 1.82) is 0 Å². The lowest BCUT2D eigenvalue weighted by Crippen LogP contribution is -2.14. The Morgan fingerprint density at radius 2 is 2.03 bits per heavy atom. The summed E-state index contributed by atoms with van der Waals surface area (Å²) in [6.07, 6.45) is 4.99. The summed E-state index contributed by atoms with van der Waals surface area (Å²) in [5, 5.41) is 16.8. The fraction of sp³-hybridized carbons (Fsp3) is 0.417. The van der Waals surface area contributed by atoms with Crippen molar-refractivity contribution in [1.82, 2.24) is 15.1 Å². The van der Waals surface area contributed by atoms with E-state index in [1.165, 1.54) is 5.56 Å². The first-order valence-electron chi connectivity index (χ1n) is 11.0. The zero-order valence-electron chi connectivity index (χ0n) is 18.2. The SMILES string of the molecule is COc1ccc(C(CC(=O)O)Cc2nc(CCCc3ccc4c(n3)NCCC4)no2)cc1. The molecule has 1 aliphatic rings. The number of benzene rings is 1. The molecule has 1 aromatic carbocycles. The van der Waals surface area contributed by atoms with Gasteiger partial charge in [0, 0.05) is 31.0 Å². The van der Waals surface area contributed by atoms with Gasteiger partial charge in [-0.2, -0.15) is 4.98 Å². The molecule has 1 aliphatic heterocycles. The minimum Gasteiger partial charge on any atom is -0.497 e. The highest BCUT2D eigenvalue weighted by molar-refractivity contribution is 5.68. The number of carboxylic acid groups (broad SMARTS) is 1. The lowest BCUT2D eigenvalue weighted by atomic mass is 9.92. The fourth-order valence-corrected chi connectivity index (χ4v) is 4.02. The Kier molecular flexibility index (Phi) is 6.99. The maximum atomic E-state index is 11.4. The van der Waals surface area contributed by atoms with Gasteiger partial charge >= 0.3 is 5.97 Å². The van der Waals surface area contributed by atoms with Crippen LogP contribution in [0.1, 0.15) is 53.7 Å². The Balaban J connectivity index is 1.34. The third-order valence-electron chi connectivity index (χ3n) is 5.72. The maximum Gasteiger partial charge on any atom is 0.303 e. The van der Waals surface area contributed by atoms with Crippen molar-refractivity contribution < 1.29 is 19.2 Å². The molecule has 3 heterocycles. The van der Waals surface area contributed by atoms with E-state index in [4.69, 9.17) is 14.2 Å². The van der Waals surface area contributed by atoms with E-state index < -0.39 is 5.97 Å². The van der Waals surface area contributed by atoms with Crippen LogP contribution in [0.15, 0.2) is 40.9 Å². The Labute approximate surface area is 187 Å². The van der Waals surface area contributed by atoms with Gasteiger partial charge in [-0.25, -0.2) is 4.98 Å². The molecule has 1 atom stereocenters. The first kappa shape index (κ1) is 21.8. The molecule has 3 aromatic rings. The molecule has 2 N–H and O–H groups in total. The van der Waals surface area contributed by atoms with Crippen molar-refractivity contribution in [2.45, 2.75) is 50.9 Å². The third-order valence-corrected chi connectivity index (χ3v) is 5.72. The van der Waals surface area contributed by atoms with Crippen LogP contribution in [0, 0.1) is 0 Å². The van der Waals surface area contributed by atoms with E-state index in [2.05, 4.69) is 27.6 Å². The zero-order valence-corrected chi connectivity index (χ0v) is 18.2. The molecule has 0 amide bonds. The van der Waals surface area contributed by atoms with Crippen LogP contribution in [-0.2, 0) is 30.5 Å². The van der Waals surface area contributed by atoms with E-state index in [1.54, 1.807) is 7.11 Å². The van der Waals surface area contributed by atoms with Gasteiger partial charge in [-0.1, -0.05) is 23.4 Å². The minimum absolute atomic E-state index is 0.0118. The van der Waals surface area contributed by atoms with Crippen LogP contribution in [0.3, 0.4) is 0 Å². The first-order chi connectivity index (χ1) is 15.6. The van der Waals surface area contributed by atoms with E-state index in [-0.39, 0.29) is 12.3 Å². The predicted molar refractivity (Wildman–Crippen MR) is 119 cm³/mol. The van der Waals surface area contributed by atoms with Crippen LogP contribution in [-0.4, -0.2) is 39.9 Å². The van der Waals surface area contributed by atoms with Crippen LogP contribution in [0.5, 0.6) is 5.75 Å². The van der Waals surface area contributed by atoms with Gasteiger partial charge in [0.2, 0.25) is 5.89 Å². The first-order valence-corrected chi connectivity index (χ1v) is 11.0. The summed E-state index contributed by atoms with van der Waals surface area (Å²) in [5.41, 5.74) is 3.25. The third kappa shape index (κ3) is 5.63. The van der Waals surface area contributed by atoms with Gasteiger partial charge in [-0.05, 0) is 55.0 Å². The highest BCUT2D eigenvalue weighted by Gasteiger charge is 2.20. The number of nitrogens with zero attached hydrogens (tertiary/aromatic N) is 3. The molecule has 0 bridgehead atoms. The van der Waals surface area contributed by atoms with Crippen molar-refractivity contribution in [2.24, 2.45) is 0 Å². The van der Waals surface area contributed by atoms with Crippen molar-refractivity contribution >= 4 is 11.8 Å². The van der Waals surface area contributed by atoms with Gasteiger partial charge in [0.25, 0.3) is 0 Å². The Morgan fingerprint density at radius 1 is 1.19 bits per heavy atom. The Morgan fingerprint density at radius 3 is 2.81 bits per heavy atom. The monoisotopic (exact) mass is 436 g/mol. The van der Waals surface area contributed by atoms with Crippen LogP contribution in [0.4, 0.5) is 5.82 Å². The summed E-state index contributed by atoms with van der Waals surface area (Å²) in [6.45, 7) is 0.981. The number of aromatic nitrogens is 3. The number of rotatable bonds is 10. The van der Waals surface area contributed by atoms with Gasteiger partial charge in [-0.15, -0.1) is 0 Å². The number of hydrogen-bond donors (Lipinski definition) is 2. The topological polar surface area (TPSA) is 110 Å². The Hall–Kier alpha value is -3.42. The van der Waals surface area contributed by atoms with Gasteiger partial charge in [0.1, 0.15) is 11.6 Å². The van der Waals surface area contributed by atoms with Crippen molar-refractivity contribution in [3.05, 3.63) is 64.9 Å². The molecule has 0 saturated heterocycles. The fourth-order valence-electron chi connectivity index (χ4n) is 4.02. The molecule has 32 heavy (non-hydrogen) atoms. The Bertz CT molecular complexity index is 1050. The summed E-state index contributed by atoms with van der Waals surface area (Å²) in [4.78, 5) is 20.6. The average Bonchev–Trinajstić information content (AvgIpc) is 3.25. The molecule has 168 valence electrons. The van der Waals surface area contributed by atoms with Gasteiger partial charge in [0.05, 0.1) is 13.5 Å². The van der Waals surface area contributed by atoms with Crippen molar-refractivity contribution in [2.75, 3.05) is 19.0 Å². The smallest absolute Gasteiger partial charge is 0.303 e. The van der Waals surface area contributed by atoms with E-state index in [9.17, 15) is 9.90 Å². The second kappa shape index (κ2) is 10.3. The molecule has 0 radical (unpaired) electrons. The highest BCUT2D eigenvalue weighted by Crippen LogP contribution is 2.26. The van der Waals surface area contributed by atoms with Gasteiger partial charge < -0.3 is 19.7 Å². The largest absolute Gasteiger partial charge is 0.497 e. The molecule has 4 rings (SSSR count). The molecule has 0 saturated carbocycles. The second-order valence-electron chi connectivity index (χ2n) is 8.07.